The topological polar surface area (TPSA) is 50.4 Å². The molecule has 0 saturated heterocycles. The summed E-state index contributed by atoms with van der Waals surface area (Å²) >= 11 is 0. The van der Waals surface area contributed by atoms with Gasteiger partial charge in [-0.2, -0.15) is 0 Å². The van der Waals surface area contributed by atoms with Gasteiger partial charge in [-0.25, -0.2) is 0 Å². The highest BCUT2D eigenvalue weighted by molar-refractivity contribution is 5.41. The van der Waals surface area contributed by atoms with E-state index in [1.165, 1.54) is 25.7 Å². The Morgan fingerprint density at radius 3 is 2.80 bits per heavy atom. The molecule has 0 bridgehead atoms. The number of nitrogens with zero attached hydrogens (tertiary/aromatic N) is 3. The predicted octanol–water partition coefficient (Wildman–Crippen LogP) is 2.09. The van der Waals surface area contributed by atoms with Gasteiger partial charge in [0.05, 0.1) is 6.20 Å². The van der Waals surface area contributed by atoms with Crippen molar-refractivity contribution in [2.24, 2.45) is 0 Å². The third kappa shape index (κ3) is 1.37. The van der Waals surface area contributed by atoms with Crippen LogP contribution in [0.5, 0.6) is 5.75 Å². The van der Waals surface area contributed by atoms with Crippen molar-refractivity contribution in [3.8, 4) is 5.75 Å². The first-order valence-electron chi connectivity index (χ1n) is 5.38. The number of pyridine rings is 1. The molecule has 4 nitrogen and oxygen atoms in total. The zero-order valence-electron chi connectivity index (χ0n) is 8.43. The van der Waals surface area contributed by atoms with Crippen LogP contribution in [-0.2, 0) is 0 Å². The average molecular weight is 203 g/mol. The second-order valence-electron chi connectivity index (χ2n) is 4.16. The monoisotopic (exact) mass is 203 g/mol. The van der Waals surface area contributed by atoms with Crippen LogP contribution in [0, 0.1) is 0 Å². The van der Waals surface area contributed by atoms with Gasteiger partial charge < -0.3 is 5.11 Å². The Kier molecular flexibility index (Phi) is 1.87. The minimum atomic E-state index is 0.265. The number of hydrogen-bond donors (Lipinski definition) is 1. The van der Waals surface area contributed by atoms with Crippen molar-refractivity contribution in [3.05, 3.63) is 24.2 Å². The molecular formula is C11H13N3O. The molecule has 2 aromatic heterocycles. The fourth-order valence-electron chi connectivity index (χ4n) is 2.36. The highest BCUT2D eigenvalue weighted by atomic mass is 16.3. The maximum Gasteiger partial charge on any atom is 0.161 e. The lowest BCUT2D eigenvalue weighted by Gasteiger charge is -2.06. The SMILES string of the molecule is Oc1ccc2nnc(C3CCCC3)n2c1. The molecule has 0 atom stereocenters. The van der Waals surface area contributed by atoms with Gasteiger partial charge in [0.15, 0.2) is 5.65 Å². The van der Waals surface area contributed by atoms with Crippen LogP contribution in [-0.4, -0.2) is 19.7 Å². The van der Waals surface area contributed by atoms with Crippen LogP contribution in [0.2, 0.25) is 0 Å². The van der Waals surface area contributed by atoms with Crippen molar-refractivity contribution in [1.82, 2.24) is 14.6 Å². The first-order chi connectivity index (χ1) is 7.34. The van der Waals surface area contributed by atoms with Gasteiger partial charge in [0.2, 0.25) is 0 Å². The third-order valence-electron chi connectivity index (χ3n) is 3.13. The lowest BCUT2D eigenvalue weighted by molar-refractivity contribution is 0.471. The maximum atomic E-state index is 9.44. The van der Waals surface area contributed by atoms with Crippen LogP contribution >= 0.6 is 0 Å². The van der Waals surface area contributed by atoms with E-state index in [0.29, 0.717) is 5.92 Å². The quantitative estimate of drug-likeness (QED) is 0.772. The van der Waals surface area contributed by atoms with Gasteiger partial charge in [0.1, 0.15) is 11.6 Å². The molecule has 0 amide bonds. The summed E-state index contributed by atoms with van der Waals surface area (Å²) in [7, 11) is 0. The summed E-state index contributed by atoms with van der Waals surface area (Å²) in [4.78, 5) is 0. The Hall–Kier alpha value is -1.58. The zero-order valence-corrected chi connectivity index (χ0v) is 8.43. The minimum Gasteiger partial charge on any atom is -0.506 e. The summed E-state index contributed by atoms with van der Waals surface area (Å²) in [5, 5.41) is 17.8. The molecule has 1 saturated carbocycles. The Morgan fingerprint density at radius 1 is 1.20 bits per heavy atom. The van der Waals surface area contributed by atoms with Gasteiger partial charge in [0, 0.05) is 5.92 Å². The van der Waals surface area contributed by atoms with E-state index in [2.05, 4.69) is 10.2 Å². The number of aromatic nitrogens is 3. The summed E-state index contributed by atoms with van der Waals surface area (Å²) in [5.41, 5.74) is 0.815. The van der Waals surface area contributed by atoms with Crippen molar-refractivity contribution in [3.63, 3.8) is 0 Å². The Bertz CT molecular complexity index is 486. The Labute approximate surface area is 87.6 Å². The van der Waals surface area contributed by atoms with Crippen molar-refractivity contribution < 1.29 is 5.11 Å². The van der Waals surface area contributed by atoms with Crippen LogP contribution in [0.15, 0.2) is 18.3 Å². The van der Waals surface area contributed by atoms with E-state index < -0.39 is 0 Å². The molecule has 0 aliphatic heterocycles. The van der Waals surface area contributed by atoms with Gasteiger partial charge in [-0.3, -0.25) is 4.40 Å². The number of fused-ring (bicyclic) bond motifs is 1. The lowest BCUT2D eigenvalue weighted by Crippen LogP contribution is -1.99. The molecule has 0 spiro atoms. The predicted molar refractivity (Wildman–Crippen MR) is 55.9 cm³/mol. The molecule has 1 aliphatic rings. The molecule has 15 heavy (non-hydrogen) atoms. The first-order valence-corrected chi connectivity index (χ1v) is 5.38. The summed E-state index contributed by atoms with van der Waals surface area (Å²) in [6.45, 7) is 0. The molecule has 3 rings (SSSR count). The van der Waals surface area contributed by atoms with Crippen LogP contribution in [0.1, 0.15) is 37.4 Å². The minimum absolute atomic E-state index is 0.265. The summed E-state index contributed by atoms with van der Waals surface area (Å²) in [6, 6.07) is 3.43. The van der Waals surface area contributed by atoms with Crippen molar-refractivity contribution in [1.29, 1.82) is 0 Å². The normalized spacial score (nSPS) is 17.6. The van der Waals surface area contributed by atoms with Gasteiger partial charge in [0.25, 0.3) is 0 Å². The molecule has 2 aromatic rings. The molecule has 1 fully saturated rings. The standard InChI is InChI=1S/C11H13N3O/c15-9-5-6-10-12-13-11(14(10)7-9)8-3-1-2-4-8/h5-8,15H,1-4H2. The molecule has 1 N–H and O–H groups in total. The third-order valence-corrected chi connectivity index (χ3v) is 3.13. The molecule has 1 aliphatic carbocycles. The highest BCUT2D eigenvalue weighted by Gasteiger charge is 2.22. The fraction of sp³-hybridized carbons (Fsp3) is 0.455. The van der Waals surface area contributed by atoms with E-state index in [0.717, 1.165) is 11.5 Å². The highest BCUT2D eigenvalue weighted by Crippen LogP contribution is 2.33. The van der Waals surface area contributed by atoms with E-state index in [1.807, 2.05) is 4.40 Å². The first kappa shape index (κ1) is 8.71. The Morgan fingerprint density at radius 2 is 2.00 bits per heavy atom. The van der Waals surface area contributed by atoms with E-state index in [9.17, 15) is 5.11 Å². The van der Waals surface area contributed by atoms with Crippen molar-refractivity contribution in [2.45, 2.75) is 31.6 Å². The van der Waals surface area contributed by atoms with Crippen molar-refractivity contribution >= 4 is 5.65 Å². The van der Waals surface area contributed by atoms with Gasteiger partial charge in [-0.05, 0) is 25.0 Å². The van der Waals surface area contributed by atoms with Gasteiger partial charge in [-0.1, -0.05) is 12.8 Å². The summed E-state index contributed by atoms with van der Waals surface area (Å²) < 4.78 is 1.91. The summed E-state index contributed by atoms with van der Waals surface area (Å²) in [5.74, 6) is 1.78. The van der Waals surface area contributed by atoms with Crippen LogP contribution in [0.25, 0.3) is 5.65 Å². The zero-order chi connectivity index (χ0) is 10.3. The average Bonchev–Trinajstić information content (AvgIpc) is 2.83. The van der Waals surface area contributed by atoms with Crippen LogP contribution in [0.3, 0.4) is 0 Å². The van der Waals surface area contributed by atoms with Gasteiger partial charge in [-0.15, -0.1) is 10.2 Å². The second-order valence-corrected chi connectivity index (χ2v) is 4.16. The molecule has 0 unspecified atom stereocenters. The van der Waals surface area contributed by atoms with E-state index in [1.54, 1.807) is 18.3 Å². The van der Waals surface area contributed by atoms with E-state index in [4.69, 9.17) is 0 Å². The van der Waals surface area contributed by atoms with Crippen molar-refractivity contribution in [2.75, 3.05) is 0 Å². The van der Waals surface area contributed by atoms with E-state index >= 15 is 0 Å². The van der Waals surface area contributed by atoms with E-state index in [-0.39, 0.29) is 5.75 Å². The van der Waals surface area contributed by atoms with Crippen LogP contribution in [0.4, 0.5) is 0 Å². The molecule has 0 radical (unpaired) electrons. The molecular weight excluding hydrogens is 190 g/mol. The molecule has 78 valence electrons. The number of hydrogen-bond acceptors (Lipinski definition) is 3. The lowest BCUT2D eigenvalue weighted by atomic mass is 10.1. The van der Waals surface area contributed by atoms with Crippen LogP contribution < -0.4 is 0 Å². The number of rotatable bonds is 1. The molecule has 0 aromatic carbocycles. The molecule has 2 heterocycles. The van der Waals surface area contributed by atoms with Gasteiger partial charge >= 0.3 is 0 Å². The maximum absolute atomic E-state index is 9.44. The largest absolute Gasteiger partial charge is 0.506 e. The summed E-state index contributed by atoms with van der Waals surface area (Å²) in [6.07, 6.45) is 6.63. The smallest absolute Gasteiger partial charge is 0.161 e. The number of aromatic hydroxyl groups is 1. The Balaban J connectivity index is 2.13. The second kappa shape index (κ2) is 3.22. The molecule has 4 heteroatoms. The fourth-order valence-corrected chi connectivity index (χ4v) is 2.36.